The van der Waals surface area contributed by atoms with Crippen molar-refractivity contribution in [3.8, 4) is 0 Å². The van der Waals surface area contributed by atoms with Gasteiger partial charge in [0.1, 0.15) is 6.61 Å². The Hall–Kier alpha value is -1.92. The summed E-state index contributed by atoms with van der Waals surface area (Å²) in [4.78, 5) is 23.4. The van der Waals surface area contributed by atoms with Crippen LogP contribution in [-0.2, 0) is 14.3 Å². The molecule has 0 spiro atoms. The summed E-state index contributed by atoms with van der Waals surface area (Å²) >= 11 is 0. The maximum atomic E-state index is 12.0. The molecule has 0 aliphatic carbocycles. The first-order valence-corrected chi connectivity index (χ1v) is 6.59. The number of carbonyl (C=O) groups excluding carboxylic acids is 2. The molecular weight excluding hydrogens is 258 g/mol. The zero-order chi connectivity index (χ0) is 14.4. The Labute approximate surface area is 117 Å². The van der Waals surface area contributed by atoms with Gasteiger partial charge in [0.2, 0.25) is 11.8 Å². The number of methoxy groups -OCH3 is 1. The van der Waals surface area contributed by atoms with Gasteiger partial charge in [-0.15, -0.1) is 0 Å². The van der Waals surface area contributed by atoms with Crippen LogP contribution in [0.1, 0.15) is 6.42 Å². The van der Waals surface area contributed by atoms with E-state index in [4.69, 9.17) is 4.74 Å². The molecule has 0 aromatic heterocycles. The van der Waals surface area contributed by atoms with Gasteiger partial charge in [0.15, 0.2) is 0 Å². The molecule has 1 saturated heterocycles. The molecule has 0 saturated carbocycles. The van der Waals surface area contributed by atoms with Crippen molar-refractivity contribution in [2.75, 3.05) is 37.4 Å². The molecule has 1 heterocycles. The molecule has 1 atom stereocenters. The van der Waals surface area contributed by atoms with Gasteiger partial charge in [-0.25, -0.2) is 0 Å². The van der Waals surface area contributed by atoms with Gasteiger partial charge in [-0.2, -0.15) is 0 Å². The molecule has 1 unspecified atom stereocenters. The third-order valence-electron chi connectivity index (χ3n) is 3.12. The van der Waals surface area contributed by atoms with Crippen LogP contribution in [0.3, 0.4) is 0 Å². The minimum absolute atomic E-state index is 0.00430. The highest BCUT2D eigenvalue weighted by molar-refractivity contribution is 5.95. The lowest BCUT2D eigenvalue weighted by Crippen LogP contribution is -2.24. The second-order valence-corrected chi connectivity index (χ2v) is 4.74. The zero-order valence-corrected chi connectivity index (χ0v) is 11.4. The Morgan fingerprint density at radius 3 is 2.75 bits per heavy atom. The van der Waals surface area contributed by atoms with E-state index in [1.54, 1.807) is 24.3 Å². The van der Waals surface area contributed by atoms with E-state index < -0.39 is 0 Å². The molecule has 2 amide bonds. The number of anilines is 2. The van der Waals surface area contributed by atoms with Gasteiger partial charge in [0, 0.05) is 25.0 Å². The summed E-state index contributed by atoms with van der Waals surface area (Å²) in [5.41, 5.74) is 1.31. The van der Waals surface area contributed by atoms with Gasteiger partial charge < -0.3 is 20.7 Å². The predicted molar refractivity (Wildman–Crippen MR) is 76.6 cm³/mol. The van der Waals surface area contributed by atoms with Gasteiger partial charge in [-0.3, -0.25) is 9.59 Å². The quantitative estimate of drug-likeness (QED) is 0.744. The number of amides is 2. The third kappa shape index (κ3) is 4.04. The maximum Gasteiger partial charge on any atom is 0.250 e. The molecule has 1 aliphatic heterocycles. The summed E-state index contributed by atoms with van der Waals surface area (Å²) in [5, 5.41) is 8.73. The lowest BCUT2D eigenvalue weighted by molar-refractivity contribution is -0.120. The smallest absolute Gasteiger partial charge is 0.250 e. The van der Waals surface area contributed by atoms with E-state index >= 15 is 0 Å². The van der Waals surface area contributed by atoms with Crippen LogP contribution in [-0.4, -0.2) is 38.6 Å². The first-order valence-electron chi connectivity index (χ1n) is 6.59. The summed E-state index contributed by atoms with van der Waals surface area (Å²) in [6.07, 6.45) is 0.857. The second kappa shape index (κ2) is 7.02. The predicted octanol–water partition coefficient (Wildman–Crippen LogP) is 0.819. The van der Waals surface area contributed by atoms with Crippen LogP contribution in [0.15, 0.2) is 24.3 Å². The van der Waals surface area contributed by atoms with Crippen LogP contribution in [0.25, 0.3) is 0 Å². The number of rotatable bonds is 5. The van der Waals surface area contributed by atoms with Gasteiger partial charge in [-0.1, -0.05) is 6.07 Å². The van der Waals surface area contributed by atoms with Crippen molar-refractivity contribution in [2.45, 2.75) is 6.42 Å². The highest BCUT2D eigenvalue weighted by Gasteiger charge is 2.22. The molecule has 1 fully saturated rings. The van der Waals surface area contributed by atoms with Crippen LogP contribution in [0.4, 0.5) is 11.4 Å². The lowest BCUT2D eigenvalue weighted by Gasteiger charge is -2.11. The largest absolute Gasteiger partial charge is 0.375 e. The van der Waals surface area contributed by atoms with Gasteiger partial charge in [0.05, 0.1) is 5.92 Å². The molecule has 6 nitrogen and oxygen atoms in total. The minimum atomic E-state index is -0.226. The molecule has 0 bridgehead atoms. The molecule has 1 aliphatic rings. The number of ether oxygens (including phenoxy) is 1. The summed E-state index contributed by atoms with van der Waals surface area (Å²) in [6.45, 7) is 1.60. The topological polar surface area (TPSA) is 79.5 Å². The Morgan fingerprint density at radius 2 is 2.10 bits per heavy atom. The maximum absolute atomic E-state index is 12.0. The molecule has 6 heteroatoms. The first kappa shape index (κ1) is 14.5. The van der Waals surface area contributed by atoms with E-state index in [0.29, 0.717) is 11.4 Å². The van der Waals surface area contributed by atoms with Crippen molar-refractivity contribution in [3.63, 3.8) is 0 Å². The summed E-state index contributed by atoms with van der Waals surface area (Å²) in [6, 6.07) is 7.07. The molecule has 108 valence electrons. The summed E-state index contributed by atoms with van der Waals surface area (Å²) in [7, 11) is 1.46. The molecule has 1 aromatic rings. The van der Waals surface area contributed by atoms with Crippen LogP contribution < -0.4 is 16.0 Å². The van der Waals surface area contributed by atoms with Crippen molar-refractivity contribution in [3.05, 3.63) is 24.3 Å². The SMILES string of the molecule is COCC(=O)Nc1cccc(NC(=O)C2CCNC2)c1. The Balaban J connectivity index is 1.95. The molecule has 2 rings (SSSR count). The number of nitrogens with one attached hydrogen (secondary N) is 3. The normalized spacial score (nSPS) is 17.8. The van der Waals surface area contributed by atoms with Crippen molar-refractivity contribution in [1.82, 2.24) is 5.32 Å². The Morgan fingerprint density at radius 1 is 1.35 bits per heavy atom. The van der Waals surface area contributed by atoms with E-state index in [2.05, 4.69) is 16.0 Å². The minimum Gasteiger partial charge on any atom is -0.375 e. The van der Waals surface area contributed by atoms with Crippen molar-refractivity contribution < 1.29 is 14.3 Å². The van der Waals surface area contributed by atoms with E-state index in [0.717, 1.165) is 19.5 Å². The molecule has 20 heavy (non-hydrogen) atoms. The van der Waals surface area contributed by atoms with E-state index in [-0.39, 0.29) is 24.3 Å². The highest BCUT2D eigenvalue weighted by Crippen LogP contribution is 2.17. The number of carbonyl (C=O) groups is 2. The molecule has 3 N–H and O–H groups in total. The molecule has 1 aromatic carbocycles. The Kier molecular flexibility index (Phi) is 5.09. The average molecular weight is 277 g/mol. The van der Waals surface area contributed by atoms with E-state index in [9.17, 15) is 9.59 Å². The van der Waals surface area contributed by atoms with Crippen LogP contribution in [0.5, 0.6) is 0 Å². The molecular formula is C14H19N3O3. The number of hydrogen-bond acceptors (Lipinski definition) is 4. The number of hydrogen-bond donors (Lipinski definition) is 3. The fourth-order valence-electron chi connectivity index (χ4n) is 2.13. The van der Waals surface area contributed by atoms with Gasteiger partial charge >= 0.3 is 0 Å². The zero-order valence-electron chi connectivity index (χ0n) is 11.4. The van der Waals surface area contributed by atoms with Crippen molar-refractivity contribution in [1.29, 1.82) is 0 Å². The Bertz CT molecular complexity index is 484. The highest BCUT2D eigenvalue weighted by atomic mass is 16.5. The van der Waals surface area contributed by atoms with E-state index in [1.807, 2.05) is 0 Å². The van der Waals surface area contributed by atoms with Crippen LogP contribution in [0, 0.1) is 5.92 Å². The summed E-state index contributed by atoms with van der Waals surface area (Å²) in [5.74, 6) is -0.201. The standard InChI is InChI=1S/C14H19N3O3/c1-20-9-13(18)16-11-3-2-4-12(7-11)17-14(19)10-5-6-15-8-10/h2-4,7,10,15H,5-6,8-9H2,1H3,(H,16,18)(H,17,19). The van der Waals surface area contributed by atoms with Crippen molar-refractivity contribution in [2.24, 2.45) is 5.92 Å². The van der Waals surface area contributed by atoms with E-state index in [1.165, 1.54) is 7.11 Å². The van der Waals surface area contributed by atoms with Gasteiger partial charge in [-0.05, 0) is 31.2 Å². The van der Waals surface area contributed by atoms with Gasteiger partial charge in [0.25, 0.3) is 0 Å². The molecule has 0 radical (unpaired) electrons. The lowest BCUT2D eigenvalue weighted by atomic mass is 10.1. The first-order chi connectivity index (χ1) is 9.69. The van der Waals surface area contributed by atoms with Crippen LogP contribution >= 0.6 is 0 Å². The fourth-order valence-corrected chi connectivity index (χ4v) is 2.13. The number of benzene rings is 1. The third-order valence-corrected chi connectivity index (χ3v) is 3.12. The monoisotopic (exact) mass is 277 g/mol. The summed E-state index contributed by atoms with van der Waals surface area (Å²) < 4.78 is 4.75. The van der Waals surface area contributed by atoms with Crippen molar-refractivity contribution >= 4 is 23.2 Å². The van der Waals surface area contributed by atoms with Crippen LogP contribution in [0.2, 0.25) is 0 Å². The second-order valence-electron chi connectivity index (χ2n) is 4.74. The average Bonchev–Trinajstić information content (AvgIpc) is 2.93. The fraction of sp³-hybridized carbons (Fsp3) is 0.429.